The largest absolute Gasteiger partial charge is 0.373 e. The van der Waals surface area contributed by atoms with Gasteiger partial charge in [0.1, 0.15) is 0 Å². The quantitative estimate of drug-likeness (QED) is 0.720. The Morgan fingerprint density at radius 2 is 1.70 bits per heavy atom. The van der Waals surface area contributed by atoms with Crippen LogP contribution in [-0.2, 0) is 14.8 Å². The summed E-state index contributed by atoms with van der Waals surface area (Å²) in [5, 5.41) is 2.90. The van der Waals surface area contributed by atoms with Crippen molar-refractivity contribution in [3.05, 3.63) is 29.8 Å². The number of hydrogen-bond donors (Lipinski definition) is 1. The van der Waals surface area contributed by atoms with Crippen LogP contribution < -0.4 is 5.32 Å². The van der Waals surface area contributed by atoms with Crippen molar-refractivity contribution in [3.63, 3.8) is 0 Å². The molecule has 1 heterocycles. The zero-order valence-corrected chi connectivity index (χ0v) is 17.5. The van der Waals surface area contributed by atoms with Crippen molar-refractivity contribution in [3.8, 4) is 0 Å². The summed E-state index contributed by atoms with van der Waals surface area (Å²) in [6.07, 6.45) is 0.398. The van der Waals surface area contributed by atoms with Crippen LogP contribution in [0.15, 0.2) is 29.2 Å². The third-order valence-corrected chi connectivity index (χ3v) is 6.73. The summed E-state index contributed by atoms with van der Waals surface area (Å²) in [7, 11) is -3.50. The lowest BCUT2D eigenvalue weighted by molar-refractivity contribution is -0.0672. The Labute approximate surface area is 162 Å². The fourth-order valence-corrected chi connectivity index (χ4v) is 4.85. The lowest BCUT2D eigenvalue weighted by Crippen LogP contribution is -2.47. The second-order valence-corrected chi connectivity index (χ2v) is 8.82. The van der Waals surface area contributed by atoms with Gasteiger partial charge in [-0.15, -0.1) is 0 Å². The van der Waals surface area contributed by atoms with Crippen LogP contribution in [0.3, 0.4) is 0 Å². The molecule has 0 unspecified atom stereocenters. The topological polar surface area (TPSA) is 79.0 Å². The summed E-state index contributed by atoms with van der Waals surface area (Å²) in [5.74, 6) is -0.198. The minimum atomic E-state index is -3.50. The number of hydrogen-bond acceptors (Lipinski definition) is 5. The zero-order valence-electron chi connectivity index (χ0n) is 16.6. The van der Waals surface area contributed by atoms with Gasteiger partial charge in [-0.1, -0.05) is 13.8 Å². The average molecular weight is 398 g/mol. The summed E-state index contributed by atoms with van der Waals surface area (Å²) in [6, 6.07) is 6.11. The molecule has 1 fully saturated rings. The highest BCUT2D eigenvalue weighted by molar-refractivity contribution is 7.89. The van der Waals surface area contributed by atoms with Crippen molar-refractivity contribution in [1.29, 1.82) is 0 Å². The number of amides is 1. The molecule has 1 saturated heterocycles. The van der Waals surface area contributed by atoms with E-state index in [-0.39, 0.29) is 23.0 Å². The molecule has 2 rings (SSSR count). The van der Waals surface area contributed by atoms with E-state index in [4.69, 9.17) is 4.74 Å². The molecular formula is C19H31N3O4S. The Bertz CT molecular complexity index is 707. The molecule has 1 aliphatic rings. The van der Waals surface area contributed by atoms with Gasteiger partial charge < -0.3 is 10.1 Å². The van der Waals surface area contributed by atoms with E-state index in [2.05, 4.69) is 24.1 Å². The number of rotatable bonds is 8. The summed E-state index contributed by atoms with van der Waals surface area (Å²) >= 11 is 0. The Hall–Kier alpha value is -1.48. The molecule has 0 aliphatic carbocycles. The van der Waals surface area contributed by atoms with Crippen molar-refractivity contribution in [2.45, 2.75) is 44.8 Å². The van der Waals surface area contributed by atoms with Gasteiger partial charge in [0, 0.05) is 44.8 Å². The van der Waals surface area contributed by atoms with Crippen molar-refractivity contribution < 1.29 is 17.9 Å². The molecule has 0 bridgehead atoms. The smallest absolute Gasteiger partial charge is 0.251 e. The van der Waals surface area contributed by atoms with Gasteiger partial charge in [-0.25, -0.2) is 8.42 Å². The molecule has 1 amide bonds. The number of nitrogens with zero attached hydrogens (tertiary/aromatic N) is 2. The Morgan fingerprint density at radius 3 is 2.22 bits per heavy atom. The van der Waals surface area contributed by atoms with Crippen LogP contribution in [0.4, 0.5) is 0 Å². The average Bonchev–Trinajstić information content (AvgIpc) is 2.61. The van der Waals surface area contributed by atoms with Crippen LogP contribution in [0.1, 0.15) is 38.1 Å². The van der Waals surface area contributed by atoms with Crippen LogP contribution in [0.2, 0.25) is 0 Å². The monoisotopic (exact) mass is 397 g/mol. The maximum atomic E-state index is 12.5. The highest BCUT2D eigenvalue weighted by atomic mass is 32.2. The van der Waals surface area contributed by atoms with E-state index in [0.29, 0.717) is 25.2 Å². The predicted molar refractivity (Wildman–Crippen MR) is 105 cm³/mol. The van der Waals surface area contributed by atoms with Crippen molar-refractivity contribution in [2.75, 3.05) is 39.3 Å². The number of nitrogens with one attached hydrogen (secondary N) is 1. The van der Waals surface area contributed by atoms with Gasteiger partial charge in [0.2, 0.25) is 10.0 Å². The third-order valence-electron chi connectivity index (χ3n) is 4.67. The number of ether oxygens (including phenoxy) is 1. The predicted octanol–water partition coefficient (Wildman–Crippen LogP) is 1.56. The second kappa shape index (κ2) is 9.64. The van der Waals surface area contributed by atoms with E-state index >= 15 is 0 Å². The van der Waals surface area contributed by atoms with Crippen LogP contribution in [0.5, 0.6) is 0 Å². The number of morpholine rings is 1. The SMILES string of the molecule is CCN(CC)S(=O)(=O)c1ccc(C(=O)NCCN2C[C@@H](C)O[C@H](C)C2)cc1. The van der Waals surface area contributed by atoms with Gasteiger partial charge in [0.15, 0.2) is 0 Å². The van der Waals surface area contributed by atoms with Crippen LogP contribution >= 0.6 is 0 Å². The normalized spacial score (nSPS) is 21.4. The number of carbonyl (C=O) groups excluding carboxylic acids is 1. The molecule has 0 saturated carbocycles. The van der Waals surface area contributed by atoms with Crippen LogP contribution in [0, 0.1) is 0 Å². The van der Waals surface area contributed by atoms with Crippen LogP contribution in [0.25, 0.3) is 0 Å². The lowest BCUT2D eigenvalue weighted by atomic mass is 10.2. The van der Waals surface area contributed by atoms with E-state index in [0.717, 1.165) is 19.6 Å². The first-order chi connectivity index (χ1) is 12.8. The molecule has 8 heteroatoms. The first-order valence-corrected chi connectivity index (χ1v) is 11.0. The second-order valence-electron chi connectivity index (χ2n) is 6.89. The van der Waals surface area contributed by atoms with E-state index in [1.807, 2.05) is 0 Å². The van der Waals surface area contributed by atoms with Gasteiger partial charge in [-0.3, -0.25) is 9.69 Å². The highest BCUT2D eigenvalue weighted by Crippen LogP contribution is 2.16. The Balaban J connectivity index is 1.90. The van der Waals surface area contributed by atoms with Gasteiger partial charge >= 0.3 is 0 Å². The van der Waals surface area contributed by atoms with Gasteiger partial charge in [-0.2, -0.15) is 4.31 Å². The molecule has 2 atom stereocenters. The standard InChI is InChI=1S/C19H31N3O4S/c1-5-22(6-2)27(24,25)18-9-7-17(8-10-18)19(23)20-11-12-21-13-15(3)26-16(4)14-21/h7-10,15-16H,5-6,11-14H2,1-4H3,(H,20,23)/t15-,16-/m1/s1. The van der Waals surface area contributed by atoms with E-state index in [9.17, 15) is 13.2 Å². The van der Waals surface area contributed by atoms with Crippen molar-refractivity contribution in [2.24, 2.45) is 0 Å². The first kappa shape index (κ1) is 21.8. The van der Waals surface area contributed by atoms with E-state index in [1.54, 1.807) is 26.0 Å². The minimum absolute atomic E-state index is 0.198. The Kier molecular flexibility index (Phi) is 7.79. The number of sulfonamides is 1. The van der Waals surface area contributed by atoms with Crippen molar-refractivity contribution in [1.82, 2.24) is 14.5 Å². The molecule has 0 spiro atoms. The summed E-state index contributed by atoms with van der Waals surface area (Å²) in [6.45, 7) is 11.6. The number of carbonyl (C=O) groups is 1. The third kappa shape index (κ3) is 5.75. The summed E-state index contributed by atoms with van der Waals surface area (Å²) in [5.41, 5.74) is 0.456. The molecule has 1 N–H and O–H groups in total. The fourth-order valence-electron chi connectivity index (χ4n) is 3.39. The van der Waals surface area contributed by atoms with Gasteiger partial charge in [-0.05, 0) is 38.1 Å². The molecular weight excluding hydrogens is 366 g/mol. The van der Waals surface area contributed by atoms with Gasteiger partial charge in [0.25, 0.3) is 5.91 Å². The highest BCUT2D eigenvalue weighted by Gasteiger charge is 2.23. The maximum absolute atomic E-state index is 12.5. The molecule has 0 radical (unpaired) electrons. The molecule has 0 aromatic heterocycles. The zero-order chi connectivity index (χ0) is 20.0. The molecule has 152 valence electrons. The fraction of sp³-hybridized carbons (Fsp3) is 0.632. The molecule has 27 heavy (non-hydrogen) atoms. The molecule has 1 aromatic carbocycles. The number of benzene rings is 1. The maximum Gasteiger partial charge on any atom is 0.251 e. The summed E-state index contributed by atoms with van der Waals surface area (Å²) < 4.78 is 32.1. The van der Waals surface area contributed by atoms with Crippen LogP contribution in [-0.4, -0.2) is 75.0 Å². The molecule has 1 aliphatic heterocycles. The lowest BCUT2D eigenvalue weighted by Gasteiger charge is -2.35. The van der Waals surface area contributed by atoms with E-state index < -0.39 is 10.0 Å². The summed E-state index contributed by atoms with van der Waals surface area (Å²) in [4.78, 5) is 14.8. The minimum Gasteiger partial charge on any atom is -0.373 e. The van der Waals surface area contributed by atoms with Gasteiger partial charge in [0.05, 0.1) is 17.1 Å². The Morgan fingerprint density at radius 1 is 1.15 bits per heavy atom. The molecule has 1 aromatic rings. The van der Waals surface area contributed by atoms with Crippen molar-refractivity contribution >= 4 is 15.9 Å². The first-order valence-electron chi connectivity index (χ1n) is 9.54. The molecule has 7 nitrogen and oxygen atoms in total. The van der Waals surface area contributed by atoms with E-state index in [1.165, 1.54) is 16.4 Å².